The highest BCUT2D eigenvalue weighted by Gasteiger charge is 2.26. The Kier molecular flexibility index (Phi) is 4.45. The number of fused-ring (bicyclic) bond motifs is 1. The minimum absolute atomic E-state index is 0.228. The van der Waals surface area contributed by atoms with Crippen molar-refractivity contribution in [3.05, 3.63) is 34.9 Å². The summed E-state index contributed by atoms with van der Waals surface area (Å²) < 4.78 is 0. The highest BCUT2D eigenvalue weighted by atomic mass is 79.9. The van der Waals surface area contributed by atoms with Gasteiger partial charge in [0.15, 0.2) is 0 Å². The number of hydrogen-bond acceptors (Lipinski definition) is 1. The fourth-order valence-corrected chi connectivity index (χ4v) is 4.15. The number of benzene rings is 1. The Balaban J connectivity index is 1.83. The lowest BCUT2D eigenvalue weighted by molar-refractivity contribution is 0.0702. The van der Waals surface area contributed by atoms with Gasteiger partial charge in [-0.15, -0.1) is 0 Å². The molecule has 1 aromatic rings. The van der Waals surface area contributed by atoms with E-state index in [-0.39, 0.29) is 5.91 Å². The van der Waals surface area contributed by atoms with E-state index in [1.807, 2.05) is 6.07 Å². The minimum Gasteiger partial charge on any atom is -0.335 e. The number of hydrogen-bond donors (Lipinski definition) is 0. The van der Waals surface area contributed by atoms with E-state index < -0.39 is 0 Å². The fourth-order valence-electron chi connectivity index (χ4n) is 3.48. The zero-order valence-electron chi connectivity index (χ0n) is 11.9. The molecule has 2 nitrogen and oxygen atoms in total. The van der Waals surface area contributed by atoms with Crippen LogP contribution in [0, 0.1) is 0 Å². The third kappa shape index (κ3) is 2.78. The number of nitrogens with zero attached hydrogens (tertiary/aromatic N) is 1. The van der Waals surface area contributed by atoms with Crippen LogP contribution in [0.3, 0.4) is 0 Å². The SMILES string of the molecule is O=C(c1ccc2c(c1)CCC2)N1CCCCCC1CBr. The molecule has 1 saturated heterocycles. The zero-order valence-corrected chi connectivity index (χ0v) is 13.5. The van der Waals surface area contributed by atoms with E-state index >= 15 is 0 Å². The highest BCUT2D eigenvalue weighted by Crippen LogP contribution is 2.25. The lowest BCUT2D eigenvalue weighted by atomic mass is 10.0. The Bertz CT molecular complexity index is 500. The van der Waals surface area contributed by atoms with Gasteiger partial charge in [0.05, 0.1) is 0 Å². The van der Waals surface area contributed by atoms with Gasteiger partial charge in [0.2, 0.25) is 0 Å². The Labute approximate surface area is 129 Å². The minimum atomic E-state index is 0.228. The summed E-state index contributed by atoms with van der Waals surface area (Å²) in [6, 6.07) is 6.69. The highest BCUT2D eigenvalue weighted by molar-refractivity contribution is 9.09. The Morgan fingerprint density at radius 2 is 2.00 bits per heavy atom. The van der Waals surface area contributed by atoms with Gasteiger partial charge in [0, 0.05) is 23.5 Å². The van der Waals surface area contributed by atoms with Crippen LogP contribution < -0.4 is 0 Å². The zero-order chi connectivity index (χ0) is 13.9. The van der Waals surface area contributed by atoms with Crippen LogP contribution in [-0.2, 0) is 12.8 Å². The second-order valence-electron chi connectivity index (χ2n) is 5.99. The fraction of sp³-hybridized carbons (Fsp3) is 0.588. The van der Waals surface area contributed by atoms with E-state index in [9.17, 15) is 4.79 Å². The van der Waals surface area contributed by atoms with Crippen LogP contribution in [0.15, 0.2) is 18.2 Å². The smallest absolute Gasteiger partial charge is 0.254 e. The van der Waals surface area contributed by atoms with Gasteiger partial charge >= 0.3 is 0 Å². The molecular formula is C17H22BrNO. The molecular weight excluding hydrogens is 314 g/mol. The molecule has 1 aliphatic heterocycles. The topological polar surface area (TPSA) is 20.3 Å². The molecule has 2 aliphatic rings. The van der Waals surface area contributed by atoms with Gasteiger partial charge in [0.25, 0.3) is 5.91 Å². The van der Waals surface area contributed by atoms with E-state index in [1.165, 1.54) is 36.8 Å². The van der Waals surface area contributed by atoms with Crippen LogP contribution in [0.1, 0.15) is 53.6 Å². The molecule has 1 heterocycles. The van der Waals surface area contributed by atoms with Gasteiger partial charge in [-0.1, -0.05) is 34.8 Å². The molecule has 0 saturated carbocycles. The van der Waals surface area contributed by atoms with Crippen molar-refractivity contribution in [1.29, 1.82) is 0 Å². The van der Waals surface area contributed by atoms with Gasteiger partial charge in [-0.05, 0) is 55.4 Å². The van der Waals surface area contributed by atoms with Crippen molar-refractivity contribution >= 4 is 21.8 Å². The number of halogens is 1. The largest absolute Gasteiger partial charge is 0.335 e. The molecule has 3 heteroatoms. The number of likely N-dealkylation sites (tertiary alicyclic amines) is 1. The van der Waals surface area contributed by atoms with E-state index in [0.29, 0.717) is 6.04 Å². The number of rotatable bonds is 2. The number of carbonyl (C=O) groups is 1. The average molecular weight is 336 g/mol. The normalized spacial score (nSPS) is 22.4. The van der Waals surface area contributed by atoms with Crippen LogP contribution in [0.2, 0.25) is 0 Å². The predicted octanol–water partition coefficient (Wildman–Crippen LogP) is 3.96. The molecule has 1 aromatic carbocycles. The number of aryl methyl sites for hydroxylation is 2. The summed E-state index contributed by atoms with van der Waals surface area (Å²) in [5, 5.41) is 0.893. The summed E-state index contributed by atoms with van der Waals surface area (Å²) in [4.78, 5) is 14.9. The van der Waals surface area contributed by atoms with Crippen molar-refractivity contribution in [3.8, 4) is 0 Å². The Hall–Kier alpha value is -0.830. The summed E-state index contributed by atoms with van der Waals surface area (Å²) in [5.74, 6) is 0.228. The molecule has 108 valence electrons. The first kappa shape index (κ1) is 14.1. The first-order chi connectivity index (χ1) is 9.79. The van der Waals surface area contributed by atoms with Crippen molar-refractivity contribution in [3.63, 3.8) is 0 Å². The van der Waals surface area contributed by atoms with Gasteiger partial charge in [-0.25, -0.2) is 0 Å². The van der Waals surface area contributed by atoms with Crippen molar-refractivity contribution < 1.29 is 4.79 Å². The number of amides is 1. The molecule has 1 unspecified atom stereocenters. The van der Waals surface area contributed by atoms with Gasteiger partial charge in [0.1, 0.15) is 0 Å². The van der Waals surface area contributed by atoms with E-state index in [2.05, 4.69) is 33.0 Å². The van der Waals surface area contributed by atoms with E-state index in [4.69, 9.17) is 0 Å². The summed E-state index contributed by atoms with van der Waals surface area (Å²) in [7, 11) is 0. The van der Waals surface area contributed by atoms with Crippen molar-refractivity contribution in [2.24, 2.45) is 0 Å². The first-order valence-corrected chi connectivity index (χ1v) is 8.90. The maximum atomic E-state index is 12.8. The second-order valence-corrected chi connectivity index (χ2v) is 6.64. The summed E-state index contributed by atoms with van der Waals surface area (Å²) in [6.45, 7) is 0.909. The lowest BCUT2D eigenvalue weighted by Crippen LogP contribution is -2.41. The predicted molar refractivity (Wildman–Crippen MR) is 85.6 cm³/mol. The quantitative estimate of drug-likeness (QED) is 0.749. The Morgan fingerprint density at radius 1 is 1.15 bits per heavy atom. The lowest BCUT2D eigenvalue weighted by Gasteiger charge is -2.29. The van der Waals surface area contributed by atoms with Gasteiger partial charge in [-0.3, -0.25) is 4.79 Å². The molecule has 0 N–H and O–H groups in total. The molecule has 0 radical (unpaired) electrons. The molecule has 1 atom stereocenters. The van der Waals surface area contributed by atoms with E-state index in [0.717, 1.165) is 36.7 Å². The molecule has 0 spiro atoms. The average Bonchev–Trinajstić information content (AvgIpc) is 2.81. The molecule has 1 aliphatic carbocycles. The first-order valence-electron chi connectivity index (χ1n) is 7.78. The third-order valence-corrected chi connectivity index (χ3v) is 5.41. The standard InChI is InChI=1S/C17H22BrNO/c18-12-16-7-2-1-3-10-19(16)17(20)15-9-8-13-5-4-6-14(13)11-15/h8-9,11,16H,1-7,10,12H2. The number of carbonyl (C=O) groups excluding carboxylic acids is 1. The van der Waals surface area contributed by atoms with Crippen molar-refractivity contribution in [2.75, 3.05) is 11.9 Å². The molecule has 20 heavy (non-hydrogen) atoms. The molecule has 0 bridgehead atoms. The van der Waals surface area contributed by atoms with Crippen LogP contribution >= 0.6 is 15.9 Å². The van der Waals surface area contributed by atoms with Crippen LogP contribution in [-0.4, -0.2) is 28.7 Å². The van der Waals surface area contributed by atoms with E-state index in [1.54, 1.807) is 0 Å². The molecule has 1 amide bonds. The van der Waals surface area contributed by atoms with Crippen LogP contribution in [0.4, 0.5) is 0 Å². The van der Waals surface area contributed by atoms with Gasteiger partial charge in [-0.2, -0.15) is 0 Å². The van der Waals surface area contributed by atoms with Crippen molar-refractivity contribution in [1.82, 2.24) is 4.90 Å². The summed E-state index contributed by atoms with van der Waals surface area (Å²) in [5.41, 5.74) is 3.72. The summed E-state index contributed by atoms with van der Waals surface area (Å²) in [6.07, 6.45) is 8.31. The molecule has 3 rings (SSSR count). The maximum absolute atomic E-state index is 12.8. The monoisotopic (exact) mass is 335 g/mol. The van der Waals surface area contributed by atoms with Crippen LogP contribution in [0.25, 0.3) is 0 Å². The molecule has 0 aromatic heterocycles. The molecule has 1 fully saturated rings. The number of alkyl halides is 1. The van der Waals surface area contributed by atoms with Crippen LogP contribution in [0.5, 0.6) is 0 Å². The maximum Gasteiger partial charge on any atom is 0.254 e. The van der Waals surface area contributed by atoms with Crippen molar-refractivity contribution in [2.45, 2.75) is 51.0 Å². The summed E-state index contributed by atoms with van der Waals surface area (Å²) >= 11 is 3.58. The van der Waals surface area contributed by atoms with Gasteiger partial charge < -0.3 is 4.90 Å². The Morgan fingerprint density at radius 3 is 2.85 bits per heavy atom. The third-order valence-electron chi connectivity index (χ3n) is 4.66. The second kappa shape index (κ2) is 6.30.